The molecule has 1 aromatic rings. The van der Waals surface area contributed by atoms with E-state index in [0.717, 1.165) is 23.9 Å². The Morgan fingerprint density at radius 2 is 2.40 bits per heavy atom. The summed E-state index contributed by atoms with van der Waals surface area (Å²) in [4.78, 5) is 14.4. The summed E-state index contributed by atoms with van der Waals surface area (Å²) >= 11 is 3.32. The highest BCUT2D eigenvalue weighted by Crippen LogP contribution is 2.22. The predicted molar refractivity (Wildman–Crippen MR) is 79.4 cm³/mol. The number of halogens is 1. The molecule has 1 aliphatic heterocycles. The summed E-state index contributed by atoms with van der Waals surface area (Å²) in [5, 5.41) is 9.16. The molecule has 1 aromatic carbocycles. The van der Waals surface area contributed by atoms with Crippen molar-refractivity contribution in [1.29, 1.82) is 5.26 Å². The minimum atomic E-state index is -0.0603. The van der Waals surface area contributed by atoms with Gasteiger partial charge in [0.2, 0.25) is 0 Å². The topological polar surface area (TPSA) is 53.3 Å². The largest absolute Gasteiger partial charge is 0.384 e. The highest BCUT2D eigenvalue weighted by molar-refractivity contribution is 9.10. The zero-order valence-corrected chi connectivity index (χ0v) is 13.0. The first-order valence-electron chi connectivity index (χ1n) is 6.63. The first-order valence-corrected chi connectivity index (χ1v) is 7.43. The van der Waals surface area contributed by atoms with Gasteiger partial charge in [-0.3, -0.25) is 4.79 Å². The molecule has 1 atom stereocenters. The Labute approximate surface area is 127 Å². The van der Waals surface area contributed by atoms with Crippen molar-refractivity contribution in [2.24, 2.45) is 5.92 Å². The summed E-state index contributed by atoms with van der Waals surface area (Å²) < 4.78 is 5.99. The van der Waals surface area contributed by atoms with E-state index in [2.05, 4.69) is 22.0 Å². The molecule has 20 heavy (non-hydrogen) atoms. The van der Waals surface area contributed by atoms with Crippen molar-refractivity contribution in [2.75, 3.05) is 26.8 Å². The molecule has 1 aliphatic rings. The number of benzene rings is 1. The Balaban J connectivity index is 2.17. The second-order valence-electron chi connectivity index (χ2n) is 5.02. The van der Waals surface area contributed by atoms with Crippen LogP contribution in [0.4, 0.5) is 0 Å². The molecular weight excluding hydrogens is 320 g/mol. The smallest absolute Gasteiger partial charge is 0.255 e. The van der Waals surface area contributed by atoms with Crippen LogP contribution >= 0.6 is 15.9 Å². The molecule has 0 radical (unpaired) electrons. The third-order valence-corrected chi connectivity index (χ3v) is 4.03. The molecule has 0 bridgehead atoms. The molecule has 4 nitrogen and oxygen atoms in total. The SMILES string of the molecule is COC[C@@H]1CCCN(C(=O)c2ccc(Br)cc2C#N)C1. The summed E-state index contributed by atoms with van der Waals surface area (Å²) in [6.07, 6.45) is 2.07. The van der Waals surface area contributed by atoms with Crippen molar-refractivity contribution in [3.05, 3.63) is 33.8 Å². The van der Waals surface area contributed by atoms with Gasteiger partial charge in [0.25, 0.3) is 5.91 Å². The number of amides is 1. The fraction of sp³-hybridized carbons (Fsp3) is 0.467. The lowest BCUT2D eigenvalue weighted by atomic mass is 9.97. The third kappa shape index (κ3) is 3.38. The molecule has 0 spiro atoms. The maximum Gasteiger partial charge on any atom is 0.255 e. The van der Waals surface area contributed by atoms with Gasteiger partial charge in [-0.25, -0.2) is 0 Å². The van der Waals surface area contributed by atoms with Crippen molar-refractivity contribution in [3.8, 4) is 6.07 Å². The van der Waals surface area contributed by atoms with Crippen molar-refractivity contribution >= 4 is 21.8 Å². The molecule has 0 unspecified atom stereocenters. The van der Waals surface area contributed by atoms with E-state index in [1.165, 1.54) is 0 Å². The predicted octanol–water partition coefficient (Wildman–Crippen LogP) is 2.82. The van der Waals surface area contributed by atoms with Crippen LogP contribution in [0, 0.1) is 17.2 Å². The number of hydrogen-bond acceptors (Lipinski definition) is 3. The summed E-state index contributed by atoms with van der Waals surface area (Å²) in [6.45, 7) is 2.13. The molecular formula is C15H17BrN2O2. The summed E-state index contributed by atoms with van der Waals surface area (Å²) in [5.41, 5.74) is 0.895. The van der Waals surface area contributed by atoms with Gasteiger partial charge in [0.15, 0.2) is 0 Å². The van der Waals surface area contributed by atoms with Crippen LogP contribution in [0.3, 0.4) is 0 Å². The summed E-state index contributed by atoms with van der Waals surface area (Å²) in [7, 11) is 1.68. The minimum Gasteiger partial charge on any atom is -0.384 e. The van der Waals surface area contributed by atoms with Gasteiger partial charge in [-0.05, 0) is 37.0 Å². The van der Waals surface area contributed by atoms with Gasteiger partial charge in [-0.2, -0.15) is 5.26 Å². The molecule has 106 valence electrons. The lowest BCUT2D eigenvalue weighted by Gasteiger charge is -2.32. The van der Waals surface area contributed by atoms with Gasteiger partial charge in [0.1, 0.15) is 0 Å². The lowest BCUT2D eigenvalue weighted by molar-refractivity contribution is 0.0570. The van der Waals surface area contributed by atoms with E-state index in [9.17, 15) is 4.79 Å². The third-order valence-electron chi connectivity index (χ3n) is 3.54. The number of ether oxygens (including phenoxy) is 1. The number of rotatable bonds is 3. The van der Waals surface area contributed by atoms with E-state index in [-0.39, 0.29) is 5.91 Å². The first-order chi connectivity index (χ1) is 9.65. The summed E-state index contributed by atoms with van der Waals surface area (Å²) in [5.74, 6) is 0.327. The van der Waals surface area contributed by atoms with Crippen LogP contribution < -0.4 is 0 Å². The fourth-order valence-electron chi connectivity index (χ4n) is 2.59. The van der Waals surface area contributed by atoms with Crippen LogP contribution in [-0.2, 0) is 4.74 Å². The molecule has 1 heterocycles. The Hall–Kier alpha value is -1.38. The Morgan fingerprint density at radius 1 is 1.60 bits per heavy atom. The van der Waals surface area contributed by atoms with E-state index < -0.39 is 0 Å². The van der Waals surface area contributed by atoms with E-state index in [1.54, 1.807) is 25.3 Å². The Kier molecular flexibility index (Phi) is 5.16. The molecule has 0 saturated carbocycles. The number of likely N-dealkylation sites (tertiary alicyclic amines) is 1. The maximum atomic E-state index is 12.6. The quantitative estimate of drug-likeness (QED) is 0.852. The number of carbonyl (C=O) groups excluding carboxylic acids is 1. The number of hydrogen-bond donors (Lipinski definition) is 0. The lowest BCUT2D eigenvalue weighted by Crippen LogP contribution is -2.41. The molecule has 1 amide bonds. The van der Waals surface area contributed by atoms with Crippen LogP contribution in [-0.4, -0.2) is 37.6 Å². The van der Waals surface area contributed by atoms with Gasteiger partial charge < -0.3 is 9.64 Å². The van der Waals surface area contributed by atoms with Crippen LogP contribution in [0.2, 0.25) is 0 Å². The standard InChI is InChI=1S/C15H17BrN2O2/c1-20-10-11-3-2-6-18(9-11)15(19)14-5-4-13(16)7-12(14)8-17/h4-5,7,11H,2-3,6,9-10H2,1H3/t11-/m1/s1. The molecule has 0 aromatic heterocycles. The highest BCUT2D eigenvalue weighted by Gasteiger charge is 2.25. The van der Waals surface area contributed by atoms with Crippen LogP contribution in [0.5, 0.6) is 0 Å². The molecule has 1 saturated heterocycles. The van der Waals surface area contributed by atoms with Gasteiger partial charge in [0.05, 0.1) is 23.8 Å². The van der Waals surface area contributed by atoms with Gasteiger partial charge in [-0.15, -0.1) is 0 Å². The maximum absolute atomic E-state index is 12.6. The van der Waals surface area contributed by atoms with Gasteiger partial charge in [0, 0.05) is 24.7 Å². The van der Waals surface area contributed by atoms with Crippen molar-refractivity contribution in [1.82, 2.24) is 4.90 Å². The fourth-order valence-corrected chi connectivity index (χ4v) is 2.95. The Morgan fingerprint density at radius 3 is 3.10 bits per heavy atom. The molecule has 1 fully saturated rings. The number of nitrogens with zero attached hydrogens (tertiary/aromatic N) is 2. The molecule has 5 heteroatoms. The average molecular weight is 337 g/mol. The summed E-state index contributed by atoms with van der Waals surface area (Å²) in [6, 6.07) is 7.28. The average Bonchev–Trinajstić information content (AvgIpc) is 2.47. The zero-order valence-electron chi connectivity index (χ0n) is 11.4. The van der Waals surface area contributed by atoms with Crippen LogP contribution in [0.25, 0.3) is 0 Å². The van der Waals surface area contributed by atoms with E-state index in [0.29, 0.717) is 30.2 Å². The first kappa shape index (κ1) is 15.0. The van der Waals surface area contributed by atoms with Crippen molar-refractivity contribution in [3.63, 3.8) is 0 Å². The molecule has 2 rings (SSSR count). The number of piperidine rings is 1. The highest BCUT2D eigenvalue weighted by atomic mass is 79.9. The molecule has 0 aliphatic carbocycles. The second kappa shape index (κ2) is 6.87. The number of carbonyl (C=O) groups is 1. The zero-order chi connectivity index (χ0) is 14.5. The number of nitriles is 1. The Bertz CT molecular complexity index is 537. The van der Waals surface area contributed by atoms with Crippen LogP contribution in [0.15, 0.2) is 22.7 Å². The molecule has 0 N–H and O–H groups in total. The normalized spacial score (nSPS) is 18.6. The van der Waals surface area contributed by atoms with Crippen molar-refractivity contribution < 1.29 is 9.53 Å². The van der Waals surface area contributed by atoms with Gasteiger partial charge >= 0.3 is 0 Å². The van der Waals surface area contributed by atoms with Crippen LogP contribution in [0.1, 0.15) is 28.8 Å². The van der Waals surface area contributed by atoms with E-state index >= 15 is 0 Å². The van der Waals surface area contributed by atoms with E-state index in [4.69, 9.17) is 10.00 Å². The number of methoxy groups -OCH3 is 1. The van der Waals surface area contributed by atoms with Crippen molar-refractivity contribution in [2.45, 2.75) is 12.8 Å². The monoisotopic (exact) mass is 336 g/mol. The minimum absolute atomic E-state index is 0.0603. The van der Waals surface area contributed by atoms with E-state index in [1.807, 2.05) is 4.90 Å². The van der Waals surface area contributed by atoms with Gasteiger partial charge in [-0.1, -0.05) is 15.9 Å². The second-order valence-corrected chi connectivity index (χ2v) is 5.93.